The van der Waals surface area contributed by atoms with Gasteiger partial charge in [-0.2, -0.15) is 0 Å². The summed E-state index contributed by atoms with van der Waals surface area (Å²) in [7, 11) is 0. The third-order valence-electron chi connectivity index (χ3n) is 2.85. The average Bonchev–Trinajstić information content (AvgIpc) is 2.14. The van der Waals surface area contributed by atoms with Crippen molar-refractivity contribution in [1.82, 2.24) is 5.32 Å². The molecule has 0 fully saturated rings. The Labute approximate surface area is 90.0 Å². The van der Waals surface area contributed by atoms with Gasteiger partial charge in [0.15, 0.2) is 0 Å². The zero-order valence-corrected chi connectivity index (χ0v) is 10.5. The number of nitrogens with one attached hydrogen (secondary N) is 1. The lowest BCUT2D eigenvalue weighted by Gasteiger charge is -2.21. The Morgan fingerprint density at radius 1 is 1.21 bits per heavy atom. The van der Waals surface area contributed by atoms with Crippen molar-refractivity contribution >= 4 is 0 Å². The number of allylic oxidation sites excluding steroid dienone is 1. The summed E-state index contributed by atoms with van der Waals surface area (Å²) in [5.74, 6) is 1.58. The summed E-state index contributed by atoms with van der Waals surface area (Å²) >= 11 is 0. The minimum atomic E-state index is 0.567. The van der Waals surface area contributed by atoms with E-state index in [1.165, 1.54) is 12.8 Å². The van der Waals surface area contributed by atoms with Crippen LogP contribution < -0.4 is 5.32 Å². The van der Waals surface area contributed by atoms with E-state index in [1.54, 1.807) is 0 Å². The predicted molar refractivity (Wildman–Crippen MR) is 65.5 cm³/mol. The number of hydrogen-bond donors (Lipinski definition) is 1. The van der Waals surface area contributed by atoms with E-state index in [0.29, 0.717) is 6.04 Å². The topological polar surface area (TPSA) is 12.0 Å². The van der Waals surface area contributed by atoms with Crippen LogP contribution in [0.2, 0.25) is 0 Å². The van der Waals surface area contributed by atoms with E-state index in [9.17, 15) is 0 Å². The van der Waals surface area contributed by atoms with Gasteiger partial charge in [0.1, 0.15) is 0 Å². The van der Waals surface area contributed by atoms with Gasteiger partial charge in [0.05, 0.1) is 0 Å². The molecule has 0 bridgehead atoms. The zero-order valence-electron chi connectivity index (χ0n) is 10.5. The summed E-state index contributed by atoms with van der Waals surface area (Å²) in [5, 5.41) is 3.57. The SMILES string of the molecule is C/C=C/C(CC(C)C(C)C)NCCC. The average molecular weight is 197 g/mol. The molecule has 0 aromatic carbocycles. The Hall–Kier alpha value is -0.300. The predicted octanol–water partition coefficient (Wildman–Crippen LogP) is 3.61. The summed E-state index contributed by atoms with van der Waals surface area (Å²) in [6, 6.07) is 0.567. The van der Waals surface area contributed by atoms with Gasteiger partial charge >= 0.3 is 0 Å². The molecule has 14 heavy (non-hydrogen) atoms. The summed E-state index contributed by atoms with van der Waals surface area (Å²) < 4.78 is 0. The van der Waals surface area contributed by atoms with Crippen LogP contribution in [0.5, 0.6) is 0 Å². The van der Waals surface area contributed by atoms with Crippen LogP contribution in [-0.2, 0) is 0 Å². The van der Waals surface area contributed by atoms with Crippen LogP contribution in [0.3, 0.4) is 0 Å². The Kier molecular flexibility index (Phi) is 7.87. The van der Waals surface area contributed by atoms with E-state index in [2.05, 4.69) is 52.1 Å². The summed E-state index contributed by atoms with van der Waals surface area (Å²) in [5.41, 5.74) is 0. The first kappa shape index (κ1) is 13.7. The molecule has 0 spiro atoms. The maximum Gasteiger partial charge on any atom is 0.0252 e. The van der Waals surface area contributed by atoms with E-state index >= 15 is 0 Å². The second-order valence-electron chi connectivity index (χ2n) is 4.54. The molecule has 0 aliphatic carbocycles. The van der Waals surface area contributed by atoms with Crippen LogP contribution in [0.25, 0.3) is 0 Å². The summed E-state index contributed by atoms with van der Waals surface area (Å²) in [4.78, 5) is 0. The Bertz CT molecular complexity index is 149. The second-order valence-corrected chi connectivity index (χ2v) is 4.54. The second kappa shape index (κ2) is 8.05. The fourth-order valence-corrected chi connectivity index (χ4v) is 1.46. The lowest BCUT2D eigenvalue weighted by atomic mass is 9.91. The molecular formula is C13H27N. The van der Waals surface area contributed by atoms with Gasteiger partial charge in [-0.1, -0.05) is 39.8 Å². The molecule has 84 valence electrons. The van der Waals surface area contributed by atoms with Gasteiger partial charge in [0.2, 0.25) is 0 Å². The highest BCUT2D eigenvalue weighted by Gasteiger charge is 2.12. The first-order chi connectivity index (χ1) is 6.61. The van der Waals surface area contributed by atoms with E-state index in [-0.39, 0.29) is 0 Å². The number of rotatable bonds is 7. The fourth-order valence-electron chi connectivity index (χ4n) is 1.46. The first-order valence-corrected chi connectivity index (χ1v) is 5.98. The Balaban J connectivity index is 3.95. The van der Waals surface area contributed by atoms with Crippen molar-refractivity contribution in [2.24, 2.45) is 11.8 Å². The molecule has 0 radical (unpaired) electrons. The van der Waals surface area contributed by atoms with Gasteiger partial charge in [-0.3, -0.25) is 0 Å². The normalized spacial score (nSPS) is 16.4. The quantitative estimate of drug-likeness (QED) is 0.615. The molecule has 0 aliphatic rings. The molecule has 0 saturated carbocycles. The molecule has 1 N–H and O–H groups in total. The van der Waals surface area contributed by atoms with Crippen LogP contribution in [0.4, 0.5) is 0 Å². The summed E-state index contributed by atoms with van der Waals surface area (Å²) in [6.07, 6.45) is 6.90. The summed E-state index contributed by atoms with van der Waals surface area (Å²) in [6.45, 7) is 12.4. The molecule has 0 rings (SSSR count). The molecule has 0 amide bonds. The van der Waals surface area contributed by atoms with E-state index < -0.39 is 0 Å². The maximum absolute atomic E-state index is 3.57. The van der Waals surface area contributed by atoms with Crippen LogP contribution in [-0.4, -0.2) is 12.6 Å². The largest absolute Gasteiger partial charge is 0.311 e. The van der Waals surface area contributed by atoms with Gasteiger partial charge in [-0.15, -0.1) is 0 Å². The molecular weight excluding hydrogens is 170 g/mol. The third-order valence-corrected chi connectivity index (χ3v) is 2.85. The molecule has 2 unspecified atom stereocenters. The minimum absolute atomic E-state index is 0.567. The molecule has 0 aromatic heterocycles. The molecule has 2 atom stereocenters. The Morgan fingerprint density at radius 2 is 1.86 bits per heavy atom. The highest BCUT2D eigenvalue weighted by atomic mass is 14.9. The van der Waals surface area contributed by atoms with E-state index in [4.69, 9.17) is 0 Å². The smallest absolute Gasteiger partial charge is 0.0252 e. The van der Waals surface area contributed by atoms with Crippen molar-refractivity contribution in [2.45, 2.75) is 53.5 Å². The monoisotopic (exact) mass is 197 g/mol. The maximum atomic E-state index is 3.57. The van der Waals surface area contributed by atoms with Gasteiger partial charge in [-0.25, -0.2) is 0 Å². The van der Waals surface area contributed by atoms with Crippen molar-refractivity contribution in [3.63, 3.8) is 0 Å². The zero-order chi connectivity index (χ0) is 11.0. The van der Waals surface area contributed by atoms with Crippen LogP contribution in [0.15, 0.2) is 12.2 Å². The van der Waals surface area contributed by atoms with Gasteiger partial charge in [0, 0.05) is 6.04 Å². The van der Waals surface area contributed by atoms with E-state index in [1.807, 2.05) is 0 Å². The van der Waals surface area contributed by atoms with E-state index in [0.717, 1.165) is 18.4 Å². The van der Waals surface area contributed by atoms with Gasteiger partial charge in [-0.05, 0) is 38.1 Å². The third kappa shape index (κ3) is 6.20. The van der Waals surface area contributed by atoms with Crippen LogP contribution >= 0.6 is 0 Å². The lowest BCUT2D eigenvalue weighted by Crippen LogP contribution is -2.30. The lowest BCUT2D eigenvalue weighted by molar-refractivity contribution is 0.356. The highest BCUT2D eigenvalue weighted by Crippen LogP contribution is 2.16. The molecule has 1 heteroatoms. The first-order valence-electron chi connectivity index (χ1n) is 5.98. The Morgan fingerprint density at radius 3 is 2.29 bits per heavy atom. The van der Waals surface area contributed by atoms with Gasteiger partial charge in [0.25, 0.3) is 0 Å². The van der Waals surface area contributed by atoms with Gasteiger partial charge < -0.3 is 5.32 Å². The minimum Gasteiger partial charge on any atom is -0.311 e. The molecule has 0 aliphatic heterocycles. The van der Waals surface area contributed by atoms with Crippen molar-refractivity contribution in [1.29, 1.82) is 0 Å². The van der Waals surface area contributed by atoms with Crippen molar-refractivity contribution in [3.8, 4) is 0 Å². The molecule has 0 heterocycles. The van der Waals surface area contributed by atoms with Crippen molar-refractivity contribution < 1.29 is 0 Å². The molecule has 0 saturated heterocycles. The van der Waals surface area contributed by atoms with Crippen molar-refractivity contribution in [2.75, 3.05) is 6.54 Å². The standard InChI is InChI=1S/C13H27N/c1-6-8-13(14-9-7-2)10-12(5)11(3)4/h6,8,11-14H,7,9-10H2,1-5H3/b8-6+. The number of hydrogen-bond acceptors (Lipinski definition) is 1. The van der Waals surface area contributed by atoms with Crippen LogP contribution in [0.1, 0.15) is 47.5 Å². The van der Waals surface area contributed by atoms with Crippen molar-refractivity contribution in [3.05, 3.63) is 12.2 Å². The highest BCUT2D eigenvalue weighted by molar-refractivity contribution is 4.92. The molecule has 0 aromatic rings. The molecule has 1 nitrogen and oxygen atoms in total. The van der Waals surface area contributed by atoms with Crippen LogP contribution in [0, 0.1) is 11.8 Å². The fraction of sp³-hybridized carbons (Fsp3) is 0.846.